The van der Waals surface area contributed by atoms with Crippen molar-refractivity contribution >= 4 is 11.9 Å². The second kappa shape index (κ2) is 12.7. The van der Waals surface area contributed by atoms with Gasteiger partial charge in [0.05, 0.1) is 26.3 Å². The quantitative estimate of drug-likeness (QED) is 0.331. The van der Waals surface area contributed by atoms with E-state index in [1.807, 2.05) is 0 Å². The molecule has 1 amide bonds. The molecular formula is C18H28F2N4O4. The van der Waals surface area contributed by atoms with Gasteiger partial charge < -0.3 is 29.7 Å². The number of nitrogens with zero attached hydrogens (tertiary/aromatic N) is 2. The van der Waals surface area contributed by atoms with Crippen molar-refractivity contribution in [2.75, 3.05) is 47.5 Å². The summed E-state index contributed by atoms with van der Waals surface area (Å²) in [6, 6.07) is 4.86. The highest BCUT2D eigenvalue weighted by Gasteiger charge is 2.16. The summed E-state index contributed by atoms with van der Waals surface area (Å²) in [4.78, 5) is 17.6. The zero-order chi connectivity index (χ0) is 20.9. The number of benzene rings is 1. The molecule has 0 aliphatic rings. The Morgan fingerprint density at radius 1 is 1.29 bits per heavy atom. The molecule has 0 aliphatic heterocycles. The van der Waals surface area contributed by atoms with Gasteiger partial charge in [0.25, 0.3) is 0 Å². The van der Waals surface area contributed by atoms with E-state index in [1.165, 1.54) is 4.90 Å². The number of guanidine groups is 1. The van der Waals surface area contributed by atoms with E-state index in [-0.39, 0.29) is 30.5 Å². The van der Waals surface area contributed by atoms with Crippen LogP contribution >= 0.6 is 0 Å². The lowest BCUT2D eigenvalue weighted by Crippen LogP contribution is -2.43. The number of carbonyl (C=O) groups excluding carboxylic acids is 1. The van der Waals surface area contributed by atoms with Crippen molar-refractivity contribution in [1.29, 1.82) is 0 Å². The summed E-state index contributed by atoms with van der Waals surface area (Å²) in [5.41, 5.74) is 0.429. The van der Waals surface area contributed by atoms with E-state index in [4.69, 9.17) is 9.47 Å². The number of carbonyl (C=O) groups is 1. The third-order valence-electron chi connectivity index (χ3n) is 3.48. The number of nitrogens with one attached hydrogen (secondary N) is 2. The minimum absolute atomic E-state index is 0.0329. The first kappa shape index (κ1) is 23.4. The number of hydrogen-bond donors (Lipinski definition) is 2. The molecule has 0 spiro atoms. The molecule has 0 saturated heterocycles. The highest BCUT2D eigenvalue weighted by atomic mass is 19.3. The van der Waals surface area contributed by atoms with Crippen LogP contribution in [0.25, 0.3) is 0 Å². The minimum atomic E-state index is -2.99. The molecule has 2 N–H and O–H groups in total. The molecule has 28 heavy (non-hydrogen) atoms. The van der Waals surface area contributed by atoms with Gasteiger partial charge >= 0.3 is 6.61 Å². The van der Waals surface area contributed by atoms with Gasteiger partial charge in [0.2, 0.25) is 5.91 Å². The third-order valence-corrected chi connectivity index (χ3v) is 3.48. The first-order valence-electron chi connectivity index (χ1n) is 8.79. The van der Waals surface area contributed by atoms with Crippen molar-refractivity contribution in [1.82, 2.24) is 15.5 Å². The van der Waals surface area contributed by atoms with E-state index in [2.05, 4.69) is 20.4 Å². The molecule has 158 valence electrons. The first-order valence-corrected chi connectivity index (χ1v) is 8.79. The predicted octanol–water partition coefficient (Wildman–Crippen LogP) is 1.46. The highest BCUT2D eigenvalue weighted by molar-refractivity contribution is 5.86. The standard InChI is InChI=1S/C18H28F2N4O4/c1-5-27-14-8-6-7-13(16(14)28-17(19)20)11-22-18(21-9-10-26-4)23-12-15(25)24(2)3/h6-8,17H,5,9-12H2,1-4H3,(H2,21,22,23). The SMILES string of the molecule is CCOc1cccc(CN=C(NCCOC)NCC(=O)N(C)C)c1OC(F)F. The second-order valence-electron chi connectivity index (χ2n) is 5.78. The van der Waals surface area contributed by atoms with Crippen molar-refractivity contribution in [3.8, 4) is 11.5 Å². The molecule has 1 aromatic carbocycles. The van der Waals surface area contributed by atoms with Crippen LogP contribution in [0.3, 0.4) is 0 Å². The molecule has 0 fully saturated rings. The fourth-order valence-corrected chi connectivity index (χ4v) is 2.11. The van der Waals surface area contributed by atoms with Crippen molar-refractivity contribution in [3.63, 3.8) is 0 Å². The fourth-order valence-electron chi connectivity index (χ4n) is 2.11. The molecule has 8 nitrogen and oxygen atoms in total. The monoisotopic (exact) mass is 402 g/mol. The van der Waals surface area contributed by atoms with Gasteiger partial charge in [-0.15, -0.1) is 0 Å². The van der Waals surface area contributed by atoms with Crippen LogP contribution in [0.2, 0.25) is 0 Å². The molecule has 0 bridgehead atoms. The number of alkyl halides is 2. The Kier molecular flexibility index (Phi) is 10.6. The van der Waals surface area contributed by atoms with Crippen LogP contribution in [0, 0.1) is 0 Å². The van der Waals surface area contributed by atoms with Gasteiger partial charge in [-0.1, -0.05) is 12.1 Å². The molecule has 0 radical (unpaired) electrons. The minimum Gasteiger partial charge on any atom is -0.490 e. The Morgan fingerprint density at radius 2 is 2.04 bits per heavy atom. The van der Waals surface area contributed by atoms with Gasteiger partial charge in [0.15, 0.2) is 17.5 Å². The molecule has 0 aliphatic carbocycles. The van der Waals surface area contributed by atoms with Gasteiger partial charge in [0.1, 0.15) is 0 Å². The van der Waals surface area contributed by atoms with E-state index in [0.717, 1.165) is 0 Å². The zero-order valence-electron chi connectivity index (χ0n) is 16.6. The lowest BCUT2D eigenvalue weighted by atomic mass is 10.2. The Bertz CT molecular complexity index is 642. The Labute approximate surface area is 163 Å². The molecule has 1 aromatic rings. The van der Waals surface area contributed by atoms with Crippen molar-refractivity contribution in [2.45, 2.75) is 20.1 Å². The number of amides is 1. The van der Waals surface area contributed by atoms with Crippen LogP contribution in [0.15, 0.2) is 23.2 Å². The Hall–Kier alpha value is -2.62. The summed E-state index contributed by atoms with van der Waals surface area (Å²) >= 11 is 0. The Morgan fingerprint density at radius 3 is 2.64 bits per heavy atom. The lowest BCUT2D eigenvalue weighted by Gasteiger charge is -2.16. The summed E-state index contributed by atoms with van der Waals surface area (Å²) in [7, 11) is 4.85. The largest absolute Gasteiger partial charge is 0.490 e. The van der Waals surface area contributed by atoms with E-state index in [9.17, 15) is 13.6 Å². The van der Waals surface area contributed by atoms with E-state index in [0.29, 0.717) is 31.3 Å². The van der Waals surface area contributed by atoms with Crippen LogP contribution in [0.1, 0.15) is 12.5 Å². The topological polar surface area (TPSA) is 84.4 Å². The normalized spacial score (nSPS) is 11.3. The zero-order valence-corrected chi connectivity index (χ0v) is 16.6. The summed E-state index contributed by atoms with van der Waals surface area (Å²) in [6.45, 7) is 0.0384. The molecule has 1 rings (SSSR count). The summed E-state index contributed by atoms with van der Waals surface area (Å²) in [6.07, 6.45) is 0. The van der Waals surface area contributed by atoms with Crippen LogP contribution in [-0.4, -0.2) is 70.9 Å². The van der Waals surface area contributed by atoms with Crippen molar-refractivity contribution in [2.24, 2.45) is 4.99 Å². The highest BCUT2D eigenvalue weighted by Crippen LogP contribution is 2.33. The van der Waals surface area contributed by atoms with E-state index >= 15 is 0 Å². The number of methoxy groups -OCH3 is 1. The number of likely N-dealkylation sites (N-methyl/N-ethyl adjacent to an activating group) is 1. The summed E-state index contributed by atoms with van der Waals surface area (Å²) in [5.74, 6) is 0.377. The summed E-state index contributed by atoms with van der Waals surface area (Å²) < 4.78 is 40.6. The average molecular weight is 402 g/mol. The smallest absolute Gasteiger partial charge is 0.387 e. The van der Waals surface area contributed by atoms with Crippen LogP contribution in [-0.2, 0) is 16.1 Å². The number of rotatable bonds is 11. The van der Waals surface area contributed by atoms with E-state index in [1.54, 1.807) is 46.3 Å². The maximum Gasteiger partial charge on any atom is 0.387 e. The average Bonchev–Trinajstić information content (AvgIpc) is 2.65. The number of halogens is 2. The van der Waals surface area contributed by atoms with Gasteiger partial charge in [-0.05, 0) is 13.0 Å². The number of ether oxygens (including phenoxy) is 3. The van der Waals surface area contributed by atoms with Gasteiger partial charge in [0, 0.05) is 33.3 Å². The van der Waals surface area contributed by atoms with Gasteiger partial charge in [-0.25, -0.2) is 4.99 Å². The van der Waals surface area contributed by atoms with E-state index < -0.39 is 6.61 Å². The van der Waals surface area contributed by atoms with Crippen LogP contribution < -0.4 is 20.1 Å². The van der Waals surface area contributed by atoms with Crippen LogP contribution in [0.4, 0.5) is 8.78 Å². The lowest BCUT2D eigenvalue weighted by molar-refractivity contribution is -0.127. The predicted molar refractivity (Wildman–Crippen MR) is 102 cm³/mol. The Balaban J connectivity index is 2.98. The second-order valence-corrected chi connectivity index (χ2v) is 5.78. The molecule has 0 heterocycles. The van der Waals surface area contributed by atoms with Gasteiger partial charge in [-0.2, -0.15) is 8.78 Å². The number of hydrogen-bond acceptors (Lipinski definition) is 5. The molecule has 10 heteroatoms. The van der Waals surface area contributed by atoms with Crippen molar-refractivity contribution in [3.05, 3.63) is 23.8 Å². The molecule has 0 saturated carbocycles. The molecule has 0 unspecified atom stereocenters. The maximum atomic E-state index is 12.8. The van der Waals surface area contributed by atoms with Crippen molar-refractivity contribution < 1.29 is 27.8 Å². The number of para-hydroxylation sites is 1. The fraction of sp³-hybridized carbons (Fsp3) is 0.556. The van der Waals surface area contributed by atoms with Crippen LogP contribution in [0.5, 0.6) is 11.5 Å². The maximum absolute atomic E-state index is 12.8. The van der Waals surface area contributed by atoms with Gasteiger partial charge in [-0.3, -0.25) is 4.79 Å². The first-order chi connectivity index (χ1) is 13.4. The summed E-state index contributed by atoms with van der Waals surface area (Å²) in [5, 5.41) is 5.91. The molecular weight excluding hydrogens is 374 g/mol. The molecule has 0 aromatic heterocycles. The number of aliphatic imine (C=N–C) groups is 1. The third kappa shape index (κ3) is 8.38. The molecule has 0 atom stereocenters.